The van der Waals surface area contributed by atoms with E-state index in [0.717, 1.165) is 33.3 Å². The maximum absolute atomic E-state index is 5.60. The zero-order chi connectivity index (χ0) is 13.2. The molecule has 0 radical (unpaired) electrons. The van der Waals surface area contributed by atoms with Gasteiger partial charge in [-0.2, -0.15) is 0 Å². The van der Waals surface area contributed by atoms with Gasteiger partial charge in [-0.3, -0.25) is 0 Å². The summed E-state index contributed by atoms with van der Waals surface area (Å²) < 4.78 is 5.58. The molecule has 3 aromatic rings. The molecule has 4 heteroatoms. The summed E-state index contributed by atoms with van der Waals surface area (Å²) in [7, 11) is 0. The number of nitrogens with zero attached hydrogens (tertiary/aromatic N) is 1. The van der Waals surface area contributed by atoms with E-state index in [0.29, 0.717) is 6.54 Å². The molecule has 3 nitrogen and oxygen atoms in total. The number of aryl methyl sites for hydroxylation is 1. The SMILES string of the molecule is Cc1ccc(-c2csc(-c3ccc(CN)cc3)n2)o1. The first-order chi connectivity index (χ1) is 9.26. The van der Waals surface area contributed by atoms with Crippen molar-refractivity contribution in [3.63, 3.8) is 0 Å². The number of nitrogens with two attached hydrogens (primary N) is 1. The number of hydrogen-bond donors (Lipinski definition) is 1. The van der Waals surface area contributed by atoms with Crippen LogP contribution in [0.1, 0.15) is 11.3 Å². The molecule has 0 aliphatic carbocycles. The third-order valence-corrected chi connectivity index (χ3v) is 3.82. The number of aromatic nitrogens is 1. The Bertz CT molecular complexity index is 682. The first-order valence-corrected chi connectivity index (χ1v) is 6.96. The van der Waals surface area contributed by atoms with E-state index < -0.39 is 0 Å². The summed E-state index contributed by atoms with van der Waals surface area (Å²) in [5, 5.41) is 3.01. The maximum Gasteiger partial charge on any atom is 0.153 e. The van der Waals surface area contributed by atoms with Crippen LogP contribution in [0.25, 0.3) is 22.0 Å². The van der Waals surface area contributed by atoms with Crippen LogP contribution in [0.4, 0.5) is 0 Å². The largest absolute Gasteiger partial charge is 0.460 e. The Morgan fingerprint density at radius 2 is 1.95 bits per heavy atom. The van der Waals surface area contributed by atoms with E-state index in [1.165, 1.54) is 0 Å². The molecule has 0 atom stereocenters. The first-order valence-electron chi connectivity index (χ1n) is 6.08. The predicted octanol–water partition coefficient (Wildman–Crippen LogP) is 3.84. The average molecular weight is 270 g/mol. The third kappa shape index (κ3) is 2.45. The summed E-state index contributed by atoms with van der Waals surface area (Å²) in [5.74, 6) is 1.72. The highest BCUT2D eigenvalue weighted by Gasteiger charge is 2.09. The molecule has 0 bridgehead atoms. The first kappa shape index (κ1) is 12.1. The van der Waals surface area contributed by atoms with Crippen LogP contribution in [0.5, 0.6) is 0 Å². The van der Waals surface area contributed by atoms with E-state index in [4.69, 9.17) is 10.2 Å². The summed E-state index contributed by atoms with van der Waals surface area (Å²) in [5.41, 5.74) is 8.72. The Labute approximate surface area is 115 Å². The lowest BCUT2D eigenvalue weighted by molar-refractivity contribution is 0.547. The van der Waals surface area contributed by atoms with Crippen molar-refractivity contribution in [1.82, 2.24) is 4.98 Å². The molecule has 0 spiro atoms. The van der Waals surface area contributed by atoms with Crippen LogP contribution in [0.2, 0.25) is 0 Å². The number of hydrogen-bond acceptors (Lipinski definition) is 4. The third-order valence-electron chi connectivity index (χ3n) is 2.93. The molecule has 0 unspecified atom stereocenters. The average Bonchev–Trinajstić information content (AvgIpc) is 3.07. The number of rotatable bonds is 3. The van der Waals surface area contributed by atoms with Crippen LogP contribution in [-0.4, -0.2) is 4.98 Å². The van der Waals surface area contributed by atoms with Gasteiger partial charge in [0.15, 0.2) is 5.76 Å². The minimum absolute atomic E-state index is 0.565. The molecule has 2 aromatic heterocycles. The second-order valence-electron chi connectivity index (χ2n) is 4.35. The Kier molecular flexibility index (Phi) is 3.19. The maximum atomic E-state index is 5.60. The van der Waals surface area contributed by atoms with Crippen molar-refractivity contribution in [2.45, 2.75) is 13.5 Å². The highest BCUT2D eigenvalue weighted by molar-refractivity contribution is 7.13. The molecule has 3 rings (SSSR count). The fourth-order valence-corrected chi connectivity index (χ4v) is 2.69. The molecule has 1 aromatic carbocycles. The Morgan fingerprint density at radius 3 is 2.58 bits per heavy atom. The minimum Gasteiger partial charge on any atom is -0.460 e. The van der Waals surface area contributed by atoms with Crippen molar-refractivity contribution in [3.8, 4) is 22.0 Å². The molecule has 0 aliphatic heterocycles. The lowest BCUT2D eigenvalue weighted by Gasteiger charge is -1.98. The number of furan rings is 1. The molecular formula is C15H14N2OS. The van der Waals surface area contributed by atoms with E-state index in [1.807, 2.05) is 36.6 Å². The van der Waals surface area contributed by atoms with E-state index in [9.17, 15) is 0 Å². The molecule has 2 N–H and O–H groups in total. The zero-order valence-corrected chi connectivity index (χ0v) is 11.4. The van der Waals surface area contributed by atoms with Crippen LogP contribution in [0, 0.1) is 6.92 Å². The van der Waals surface area contributed by atoms with Crippen molar-refractivity contribution in [1.29, 1.82) is 0 Å². The molecule has 0 saturated carbocycles. The Balaban J connectivity index is 1.91. The van der Waals surface area contributed by atoms with Crippen LogP contribution in [-0.2, 0) is 6.54 Å². The summed E-state index contributed by atoms with van der Waals surface area (Å²) in [6.45, 7) is 2.50. The minimum atomic E-state index is 0.565. The fourth-order valence-electron chi connectivity index (χ4n) is 1.88. The molecule has 96 valence electrons. The highest BCUT2D eigenvalue weighted by atomic mass is 32.1. The fraction of sp³-hybridized carbons (Fsp3) is 0.133. The van der Waals surface area contributed by atoms with Crippen molar-refractivity contribution in [3.05, 3.63) is 53.1 Å². The van der Waals surface area contributed by atoms with Gasteiger partial charge in [-0.1, -0.05) is 24.3 Å². The van der Waals surface area contributed by atoms with Crippen LogP contribution >= 0.6 is 11.3 Å². The molecule has 2 heterocycles. The lowest BCUT2D eigenvalue weighted by Crippen LogP contribution is -1.95. The molecule has 0 fully saturated rings. The van der Waals surface area contributed by atoms with E-state index in [-0.39, 0.29) is 0 Å². The Morgan fingerprint density at radius 1 is 1.16 bits per heavy atom. The van der Waals surface area contributed by atoms with E-state index in [2.05, 4.69) is 17.1 Å². The van der Waals surface area contributed by atoms with Gasteiger partial charge < -0.3 is 10.2 Å². The summed E-state index contributed by atoms with van der Waals surface area (Å²) >= 11 is 1.62. The summed E-state index contributed by atoms with van der Waals surface area (Å²) in [6, 6.07) is 12.1. The molecular weight excluding hydrogens is 256 g/mol. The van der Waals surface area contributed by atoms with Crippen molar-refractivity contribution in [2.75, 3.05) is 0 Å². The summed E-state index contributed by atoms with van der Waals surface area (Å²) in [6.07, 6.45) is 0. The van der Waals surface area contributed by atoms with Gasteiger partial charge in [0.25, 0.3) is 0 Å². The second-order valence-corrected chi connectivity index (χ2v) is 5.21. The van der Waals surface area contributed by atoms with Gasteiger partial charge >= 0.3 is 0 Å². The van der Waals surface area contributed by atoms with Gasteiger partial charge in [0.05, 0.1) is 0 Å². The Hall–Kier alpha value is -1.91. The van der Waals surface area contributed by atoms with Crippen LogP contribution in [0.15, 0.2) is 46.2 Å². The summed E-state index contributed by atoms with van der Waals surface area (Å²) in [4.78, 5) is 4.61. The molecule has 0 saturated heterocycles. The standard InChI is InChI=1S/C15H14N2OS/c1-10-2-7-14(18-10)13-9-19-15(17-13)12-5-3-11(8-16)4-6-12/h2-7,9H,8,16H2,1H3. The molecule has 0 aliphatic rings. The van der Waals surface area contributed by atoms with Crippen molar-refractivity contribution in [2.24, 2.45) is 5.73 Å². The van der Waals surface area contributed by atoms with Crippen LogP contribution in [0.3, 0.4) is 0 Å². The number of thiazole rings is 1. The topological polar surface area (TPSA) is 52.0 Å². The molecule has 19 heavy (non-hydrogen) atoms. The van der Waals surface area contributed by atoms with E-state index in [1.54, 1.807) is 11.3 Å². The quantitative estimate of drug-likeness (QED) is 0.786. The van der Waals surface area contributed by atoms with Gasteiger partial charge in [-0.25, -0.2) is 4.98 Å². The smallest absolute Gasteiger partial charge is 0.153 e. The highest BCUT2D eigenvalue weighted by Crippen LogP contribution is 2.29. The van der Waals surface area contributed by atoms with E-state index >= 15 is 0 Å². The van der Waals surface area contributed by atoms with Crippen molar-refractivity contribution >= 4 is 11.3 Å². The molecule has 0 amide bonds. The predicted molar refractivity (Wildman–Crippen MR) is 77.9 cm³/mol. The monoisotopic (exact) mass is 270 g/mol. The van der Waals surface area contributed by atoms with Gasteiger partial charge in [0.2, 0.25) is 0 Å². The second kappa shape index (κ2) is 4.99. The van der Waals surface area contributed by atoms with Gasteiger partial charge in [0, 0.05) is 17.5 Å². The van der Waals surface area contributed by atoms with Gasteiger partial charge in [-0.15, -0.1) is 11.3 Å². The number of benzene rings is 1. The van der Waals surface area contributed by atoms with Gasteiger partial charge in [-0.05, 0) is 24.6 Å². The lowest BCUT2D eigenvalue weighted by atomic mass is 10.1. The van der Waals surface area contributed by atoms with Crippen LogP contribution < -0.4 is 5.73 Å². The normalized spacial score (nSPS) is 10.8. The zero-order valence-electron chi connectivity index (χ0n) is 10.6. The van der Waals surface area contributed by atoms with Gasteiger partial charge in [0.1, 0.15) is 16.5 Å². The van der Waals surface area contributed by atoms with Crippen molar-refractivity contribution < 1.29 is 4.42 Å².